The van der Waals surface area contributed by atoms with Crippen molar-refractivity contribution in [3.05, 3.63) is 64.6 Å². The molecule has 0 radical (unpaired) electrons. The molecule has 8 nitrogen and oxygen atoms in total. The maximum Gasteiger partial charge on any atom is 0.295 e. The molecule has 3 aromatic rings. The first-order valence-corrected chi connectivity index (χ1v) is 10.7. The molecule has 2 aromatic carbocycles. The normalized spacial score (nSPS) is 11.7. The molecule has 1 aromatic heterocycles. The molecule has 0 spiro atoms. The summed E-state index contributed by atoms with van der Waals surface area (Å²) in [6.07, 6.45) is 0. The molecule has 0 bridgehead atoms. The van der Waals surface area contributed by atoms with Gasteiger partial charge in [-0.05, 0) is 52.0 Å². The van der Waals surface area contributed by atoms with Crippen LogP contribution < -0.4 is 25.7 Å². The fourth-order valence-electron chi connectivity index (χ4n) is 3.40. The quantitative estimate of drug-likeness (QED) is 0.532. The van der Waals surface area contributed by atoms with Gasteiger partial charge in [0.05, 0.1) is 30.3 Å². The lowest BCUT2D eigenvalue weighted by Crippen LogP contribution is -2.34. The lowest BCUT2D eigenvalue weighted by Gasteiger charge is -2.18. The van der Waals surface area contributed by atoms with Gasteiger partial charge in [0.25, 0.3) is 5.56 Å². The minimum absolute atomic E-state index is 0.253. The third-order valence-electron chi connectivity index (χ3n) is 5.13. The van der Waals surface area contributed by atoms with Crippen LogP contribution in [0.4, 0.5) is 11.4 Å². The van der Waals surface area contributed by atoms with Crippen LogP contribution in [-0.2, 0) is 11.8 Å². The molecule has 2 N–H and O–H groups in total. The Balaban J connectivity index is 1.83. The lowest BCUT2D eigenvalue weighted by atomic mass is 10.2. The molecule has 3 rings (SSSR count). The summed E-state index contributed by atoms with van der Waals surface area (Å²) in [5.74, 6) is 0.967. The zero-order valence-corrected chi connectivity index (χ0v) is 19.1. The van der Waals surface area contributed by atoms with E-state index in [4.69, 9.17) is 9.47 Å². The van der Waals surface area contributed by atoms with Crippen molar-refractivity contribution < 1.29 is 14.3 Å². The van der Waals surface area contributed by atoms with Crippen molar-refractivity contribution in [2.45, 2.75) is 33.7 Å². The number of hydrogen-bond acceptors (Lipinski definition) is 5. The Kier molecular flexibility index (Phi) is 7.25. The van der Waals surface area contributed by atoms with Gasteiger partial charge < -0.3 is 20.1 Å². The van der Waals surface area contributed by atoms with Crippen LogP contribution in [0.25, 0.3) is 5.69 Å². The number of anilines is 2. The molecule has 0 saturated heterocycles. The lowest BCUT2D eigenvalue weighted by molar-refractivity contribution is -0.116. The molecule has 170 valence electrons. The van der Waals surface area contributed by atoms with Gasteiger partial charge in [0.2, 0.25) is 5.91 Å². The smallest absolute Gasteiger partial charge is 0.295 e. The number of para-hydroxylation sites is 1. The highest BCUT2D eigenvalue weighted by Gasteiger charge is 2.21. The van der Waals surface area contributed by atoms with Crippen LogP contribution in [0.3, 0.4) is 0 Å². The van der Waals surface area contributed by atoms with Gasteiger partial charge in [-0.25, -0.2) is 4.68 Å². The van der Waals surface area contributed by atoms with Crippen molar-refractivity contribution in [3.8, 4) is 17.2 Å². The van der Waals surface area contributed by atoms with E-state index in [0.29, 0.717) is 36.1 Å². The molecule has 0 saturated carbocycles. The topological polar surface area (TPSA) is 86.5 Å². The second kappa shape index (κ2) is 10.1. The van der Waals surface area contributed by atoms with E-state index in [1.807, 2.05) is 50.2 Å². The van der Waals surface area contributed by atoms with E-state index in [1.165, 1.54) is 4.68 Å². The summed E-state index contributed by atoms with van der Waals surface area (Å²) >= 11 is 0. The SMILES string of the molecule is CCOc1ccc(OCC)c(NC(C)C(=O)Nc2c(C)n(C)n(-c3ccccc3)c2=O)c1. The van der Waals surface area contributed by atoms with Crippen molar-refractivity contribution in [1.29, 1.82) is 0 Å². The number of hydrogen-bond donors (Lipinski definition) is 2. The number of rotatable bonds is 9. The first kappa shape index (κ1) is 23.0. The van der Waals surface area contributed by atoms with E-state index in [1.54, 1.807) is 37.7 Å². The molecular weight excluding hydrogens is 408 g/mol. The average Bonchev–Trinajstić information content (AvgIpc) is 2.99. The average molecular weight is 439 g/mol. The van der Waals surface area contributed by atoms with E-state index in [0.717, 1.165) is 5.69 Å². The molecule has 0 aliphatic heterocycles. The zero-order chi connectivity index (χ0) is 23.3. The molecule has 32 heavy (non-hydrogen) atoms. The fraction of sp³-hybridized carbons (Fsp3) is 0.333. The highest BCUT2D eigenvalue weighted by molar-refractivity contribution is 5.96. The minimum atomic E-state index is -0.629. The highest BCUT2D eigenvalue weighted by atomic mass is 16.5. The van der Waals surface area contributed by atoms with Gasteiger partial charge in [0, 0.05) is 13.1 Å². The highest BCUT2D eigenvalue weighted by Crippen LogP contribution is 2.30. The Morgan fingerprint density at radius 2 is 1.75 bits per heavy atom. The Hall–Kier alpha value is -3.68. The van der Waals surface area contributed by atoms with Gasteiger partial charge in [-0.3, -0.25) is 14.3 Å². The molecule has 0 aliphatic rings. The monoisotopic (exact) mass is 438 g/mol. The van der Waals surface area contributed by atoms with Crippen LogP contribution in [0, 0.1) is 6.92 Å². The molecule has 8 heteroatoms. The summed E-state index contributed by atoms with van der Waals surface area (Å²) in [6.45, 7) is 8.35. The van der Waals surface area contributed by atoms with Gasteiger partial charge in [0.1, 0.15) is 23.2 Å². The Bertz CT molecular complexity index is 1130. The van der Waals surface area contributed by atoms with Crippen LogP contribution >= 0.6 is 0 Å². The van der Waals surface area contributed by atoms with Crippen LogP contribution in [0.1, 0.15) is 26.5 Å². The number of nitrogens with one attached hydrogen (secondary N) is 2. The number of ether oxygens (including phenoxy) is 2. The van der Waals surface area contributed by atoms with Crippen molar-refractivity contribution in [2.75, 3.05) is 23.8 Å². The predicted molar refractivity (Wildman–Crippen MR) is 126 cm³/mol. The van der Waals surface area contributed by atoms with E-state index in [-0.39, 0.29) is 17.2 Å². The number of aromatic nitrogens is 2. The molecule has 1 atom stereocenters. The standard InChI is InChI=1S/C24H30N4O4/c1-6-31-19-13-14-21(32-7-2)20(15-19)25-16(3)23(29)26-22-17(4)27(5)28(24(22)30)18-11-9-8-10-12-18/h8-16,25H,6-7H2,1-5H3,(H,26,29). The number of carbonyl (C=O) groups is 1. The maximum absolute atomic E-state index is 13.1. The summed E-state index contributed by atoms with van der Waals surface area (Å²) in [5, 5.41) is 5.97. The molecule has 0 fully saturated rings. The number of benzene rings is 2. The van der Waals surface area contributed by atoms with Crippen molar-refractivity contribution >= 4 is 17.3 Å². The third-order valence-corrected chi connectivity index (χ3v) is 5.13. The van der Waals surface area contributed by atoms with Crippen LogP contribution in [0.15, 0.2) is 53.3 Å². The number of nitrogens with zero attached hydrogens (tertiary/aromatic N) is 2. The molecular formula is C24H30N4O4. The predicted octanol–water partition coefficient (Wildman–Crippen LogP) is 3.72. The Morgan fingerprint density at radius 1 is 1.06 bits per heavy atom. The second-order valence-corrected chi connectivity index (χ2v) is 7.32. The summed E-state index contributed by atoms with van der Waals surface area (Å²) < 4.78 is 14.5. The van der Waals surface area contributed by atoms with Crippen molar-refractivity contribution in [2.24, 2.45) is 7.05 Å². The Labute approximate surface area is 187 Å². The van der Waals surface area contributed by atoms with E-state index < -0.39 is 6.04 Å². The second-order valence-electron chi connectivity index (χ2n) is 7.32. The van der Waals surface area contributed by atoms with Gasteiger partial charge in [0.15, 0.2) is 0 Å². The zero-order valence-electron chi connectivity index (χ0n) is 19.1. The first-order valence-electron chi connectivity index (χ1n) is 10.7. The molecule has 0 aliphatic carbocycles. The minimum Gasteiger partial charge on any atom is -0.494 e. The van der Waals surface area contributed by atoms with E-state index in [2.05, 4.69) is 10.6 Å². The fourth-order valence-corrected chi connectivity index (χ4v) is 3.40. The van der Waals surface area contributed by atoms with E-state index >= 15 is 0 Å². The third kappa shape index (κ3) is 4.80. The largest absolute Gasteiger partial charge is 0.494 e. The van der Waals surface area contributed by atoms with Crippen LogP contribution in [0.2, 0.25) is 0 Å². The summed E-state index contributed by atoms with van der Waals surface area (Å²) in [4.78, 5) is 26.0. The molecule has 1 unspecified atom stereocenters. The maximum atomic E-state index is 13.1. The van der Waals surface area contributed by atoms with E-state index in [9.17, 15) is 9.59 Å². The Morgan fingerprint density at radius 3 is 2.41 bits per heavy atom. The van der Waals surface area contributed by atoms with Gasteiger partial charge >= 0.3 is 0 Å². The molecule has 1 heterocycles. The summed E-state index contributed by atoms with van der Waals surface area (Å²) in [5.41, 5.74) is 2.00. The number of amides is 1. The van der Waals surface area contributed by atoms with Crippen molar-refractivity contribution in [3.63, 3.8) is 0 Å². The summed E-state index contributed by atoms with van der Waals surface area (Å²) in [7, 11) is 1.79. The van der Waals surface area contributed by atoms with Crippen LogP contribution in [0.5, 0.6) is 11.5 Å². The molecule has 1 amide bonds. The first-order chi connectivity index (χ1) is 15.4. The van der Waals surface area contributed by atoms with Crippen molar-refractivity contribution in [1.82, 2.24) is 9.36 Å². The van der Waals surface area contributed by atoms with Crippen LogP contribution in [-0.4, -0.2) is 34.5 Å². The van der Waals surface area contributed by atoms with Gasteiger partial charge in [-0.2, -0.15) is 0 Å². The number of carbonyl (C=O) groups excluding carboxylic acids is 1. The van der Waals surface area contributed by atoms with Gasteiger partial charge in [-0.1, -0.05) is 18.2 Å². The van der Waals surface area contributed by atoms with Gasteiger partial charge in [-0.15, -0.1) is 0 Å². The summed E-state index contributed by atoms with van der Waals surface area (Å²) in [6, 6.07) is 14.1.